The van der Waals surface area contributed by atoms with E-state index in [2.05, 4.69) is 34.3 Å². The zero-order chi connectivity index (χ0) is 17.6. The second-order valence-corrected chi connectivity index (χ2v) is 8.47. The van der Waals surface area contributed by atoms with Gasteiger partial charge in [-0.15, -0.1) is 34.2 Å². The third-order valence-electron chi connectivity index (χ3n) is 4.09. The van der Waals surface area contributed by atoms with Crippen LogP contribution in [0, 0.1) is 6.92 Å². The molecule has 25 heavy (non-hydrogen) atoms. The highest BCUT2D eigenvalue weighted by atomic mass is 127. The summed E-state index contributed by atoms with van der Waals surface area (Å²) in [5, 5.41) is 11.8. The minimum Gasteiger partial charge on any atom is -0.385 e. The van der Waals surface area contributed by atoms with Crippen molar-refractivity contribution in [3.63, 3.8) is 0 Å². The fourth-order valence-corrected chi connectivity index (χ4v) is 3.73. The lowest BCUT2D eigenvalue weighted by atomic mass is 10.2. The van der Waals surface area contributed by atoms with Crippen molar-refractivity contribution >= 4 is 41.7 Å². The fourth-order valence-electron chi connectivity index (χ4n) is 2.62. The average Bonchev–Trinajstić information content (AvgIpc) is 2.85. The van der Waals surface area contributed by atoms with Gasteiger partial charge in [-0.2, -0.15) is 11.8 Å². The first-order valence-corrected chi connectivity index (χ1v) is 9.42. The summed E-state index contributed by atoms with van der Waals surface area (Å²) < 4.78 is 7.36. The van der Waals surface area contributed by atoms with Crippen LogP contribution in [-0.4, -0.2) is 69.5 Å². The van der Waals surface area contributed by atoms with E-state index in [1.54, 1.807) is 7.11 Å². The predicted molar refractivity (Wildman–Crippen MR) is 115 cm³/mol. The smallest absolute Gasteiger partial charge is 0.194 e. The van der Waals surface area contributed by atoms with Gasteiger partial charge in [0, 0.05) is 50.9 Å². The largest absolute Gasteiger partial charge is 0.385 e. The van der Waals surface area contributed by atoms with Crippen LogP contribution >= 0.6 is 35.7 Å². The molecule has 0 amide bonds. The van der Waals surface area contributed by atoms with E-state index in [4.69, 9.17) is 9.73 Å². The first kappa shape index (κ1) is 22.5. The van der Waals surface area contributed by atoms with Gasteiger partial charge in [-0.3, -0.25) is 0 Å². The molecule has 2 heterocycles. The third kappa shape index (κ3) is 6.93. The molecule has 1 saturated heterocycles. The van der Waals surface area contributed by atoms with Crippen LogP contribution in [-0.2, 0) is 18.3 Å². The number of aromatic nitrogens is 3. The maximum absolute atomic E-state index is 5.13. The van der Waals surface area contributed by atoms with Crippen molar-refractivity contribution in [2.75, 3.05) is 39.1 Å². The molecule has 2 rings (SSSR count). The highest BCUT2D eigenvalue weighted by Crippen LogP contribution is 2.29. The van der Waals surface area contributed by atoms with Crippen molar-refractivity contribution in [1.29, 1.82) is 0 Å². The van der Waals surface area contributed by atoms with Gasteiger partial charge in [0.1, 0.15) is 12.4 Å². The number of hydrogen-bond donors (Lipinski definition) is 1. The Bertz CT molecular complexity index is 563. The molecule has 0 aliphatic carbocycles. The summed E-state index contributed by atoms with van der Waals surface area (Å²) in [6.07, 6.45) is 0.963. The van der Waals surface area contributed by atoms with Gasteiger partial charge < -0.3 is 19.5 Å². The number of methoxy groups -OCH3 is 1. The number of halogens is 1. The first-order chi connectivity index (χ1) is 11.4. The lowest BCUT2D eigenvalue weighted by Crippen LogP contribution is -2.51. The van der Waals surface area contributed by atoms with Gasteiger partial charge in [0.05, 0.1) is 0 Å². The highest BCUT2D eigenvalue weighted by Gasteiger charge is 2.28. The summed E-state index contributed by atoms with van der Waals surface area (Å²) in [5.74, 6) is 3.87. The number of rotatable bonds is 6. The fraction of sp³-hybridized carbons (Fsp3) is 0.812. The lowest BCUT2D eigenvalue weighted by Gasteiger charge is -2.39. The molecule has 1 aromatic rings. The Morgan fingerprint density at radius 2 is 2.16 bits per heavy atom. The summed E-state index contributed by atoms with van der Waals surface area (Å²) in [7, 11) is 3.71. The van der Waals surface area contributed by atoms with Crippen LogP contribution in [0.25, 0.3) is 0 Å². The van der Waals surface area contributed by atoms with E-state index >= 15 is 0 Å². The molecule has 144 valence electrons. The van der Waals surface area contributed by atoms with Crippen molar-refractivity contribution in [1.82, 2.24) is 25.0 Å². The molecule has 0 bridgehead atoms. The molecule has 0 spiro atoms. The van der Waals surface area contributed by atoms with Gasteiger partial charge in [0.2, 0.25) is 0 Å². The SMILES string of the molecule is COCCCNC(=NCc1nnc(C)n1C)N1CCSC(C)(C)C1.I. The summed E-state index contributed by atoms with van der Waals surface area (Å²) in [6.45, 7) is 10.7. The number of thioether (sulfide) groups is 1. The Labute approximate surface area is 172 Å². The standard InChI is InChI=1S/C16H30N6OS.HI/c1-13-19-20-14(21(13)4)11-18-15(17-7-6-9-23-5)22-8-10-24-16(2,3)12-22;/h6-12H2,1-5H3,(H,17,18);1H. The monoisotopic (exact) mass is 482 g/mol. The van der Waals surface area contributed by atoms with Crippen LogP contribution in [0.4, 0.5) is 0 Å². The second kappa shape index (κ2) is 10.6. The number of guanidine groups is 1. The van der Waals surface area contributed by atoms with Crippen LogP contribution in [0.1, 0.15) is 31.9 Å². The molecular formula is C16H31IN6OS. The van der Waals surface area contributed by atoms with Gasteiger partial charge >= 0.3 is 0 Å². The number of aliphatic imine (C=N–C) groups is 1. The quantitative estimate of drug-likeness (QED) is 0.290. The normalized spacial score (nSPS) is 17.3. The number of nitrogens with one attached hydrogen (secondary N) is 1. The molecule has 9 heteroatoms. The van der Waals surface area contributed by atoms with E-state index in [1.807, 2.05) is 30.3 Å². The van der Waals surface area contributed by atoms with Crippen LogP contribution in [0.15, 0.2) is 4.99 Å². The van der Waals surface area contributed by atoms with Crippen LogP contribution < -0.4 is 5.32 Å². The molecular weight excluding hydrogens is 451 g/mol. The van der Waals surface area contributed by atoms with Crippen LogP contribution in [0.5, 0.6) is 0 Å². The molecule has 0 saturated carbocycles. The van der Waals surface area contributed by atoms with E-state index in [0.29, 0.717) is 6.54 Å². The average molecular weight is 482 g/mol. The molecule has 0 aromatic carbocycles. The van der Waals surface area contributed by atoms with E-state index < -0.39 is 0 Å². The topological polar surface area (TPSA) is 67.6 Å². The molecule has 1 N–H and O–H groups in total. The highest BCUT2D eigenvalue weighted by molar-refractivity contribution is 14.0. The molecule has 0 unspecified atom stereocenters. The molecule has 1 aromatic heterocycles. The molecule has 0 radical (unpaired) electrons. The summed E-state index contributed by atoms with van der Waals surface area (Å²) in [6, 6.07) is 0. The van der Waals surface area contributed by atoms with Gasteiger partial charge in [0.25, 0.3) is 0 Å². The first-order valence-electron chi connectivity index (χ1n) is 8.44. The molecule has 1 aliphatic heterocycles. The molecule has 7 nitrogen and oxygen atoms in total. The van der Waals surface area contributed by atoms with E-state index in [-0.39, 0.29) is 28.7 Å². The molecule has 0 atom stereocenters. The van der Waals surface area contributed by atoms with Crippen LogP contribution in [0.2, 0.25) is 0 Å². The number of nitrogens with zero attached hydrogens (tertiary/aromatic N) is 5. The van der Waals surface area contributed by atoms with Gasteiger partial charge in [-0.25, -0.2) is 4.99 Å². The molecule has 1 fully saturated rings. The van der Waals surface area contributed by atoms with Crippen molar-refractivity contribution in [2.24, 2.45) is 12.0 Å². The Morgan fingerprint density at radius 1 is 1.40 bits per heavy atom. The van der Waals surface area contributed by atoms with Crippen molar-refractivity contribution in [2.45, 2.75) is 38.5 Å². The maximum Gasteiger partial charge on any atom is 0.194 e. The summed E-state index contributed by atoms with van der Waals surface area (Å²) >= 11 is 2.02. The summed E-state index contributed by atoms with van der Waals surface area (Å²) in [4.78, 5) is 7.17. The van der Waals surface area contributed by atoms with E-state index in [0.717, 1.165) is 56.0 Å². The van der Waals surface area contributed by atoms with Crippen molar-refractivity contribution in [3.05, 3.63) is 11.6 Å². The van der Waals surface area contributed by atoms with Gasteiger partial charge in [-0.05, 0) is 27.2 Å². The zero-order valence-electron chi connectivity index (χ0n) is 15.9. The number of ether oxygens (including phenoxy) is 1. The van der Waals surface area contributed by atoms with Crippen molar-refractivity contribution < 1.29 is 4.74 Å². The Morgan fingerprint density at radius 3 is 2.76 bits per heavy atom. The van der Waals surface area contributed by atoms with Crippen molar-refractivity contribution in [3.8, 4) is 0 Å². The van der Waals surface area contributed by atoms with Crippen LogP contribution in [0.3, 0.4) is 0 Å². The van der Waals surface area contributed by atoms with Gasteiger partial charge in [0.15, 0.2) is 11.8 Å². The minimum absolute atomic E-state index is 0. The summed E-state index contributed by atoms with van der Waals surface area (Å²) in [5.41, 5.74) is 0. The third-order valence-corrected chi connectivity index (χ3v) is 5.38. The second-order valence-electron chi connectivity index (χ2n) is 6.67. The molecule has 1 aliphatic rings. The number of hydrogen-bond acceptors (Lipinski definition) is 5. The van der Waals surface area contributed by atoms with E-state index in [1.165, 1.54) is 0 Å². The van der Waals surface area contributed by atoms with E-state index in [9.17, 15) is 0 Å². The lowest BCUT2D eigenvalue weighted by molar-refractivity contribution is 0.195. The maximum atomic E-state index is 5.13. The zero-order valence-corrected chi connectivity index (χ0v) is 19.1. The Hall–Kier alpha value is -0.550. The van der Waals surface area contributed by atoms with Gasteiger partial charge in [-0.1, -0.05) is 0 Å². The Kier molecular flexibility index (Phi) is 9.50. The number of aryl methyl sites for hydroxylation is 1. The minimum atomic E-state index is 0. The predicted octanol–water partition coefficient (Wildman–Crippen LogP) is 2.05. The Balaban J connectivity index is 0.00000312.